The van der Waals surface area contributed by atoms with E-state index in [-0.39, 0.29) is 18.3 Å². The lowest BCUT2D eigenvalue weighted by Gasteiger charge is -2.15. The maximum absolute atomic E-state index is 13.8. The zero-order valence-electron chi connectivity index (χ0n) is 10.1. The van der Waals surface area contributed by atoms with Crippen LogP contribution in [0.25, 0.3) is 0 Å². The minimum Gasteiger partial charge on any atom is -0.396 e. The van der Waals surface area contributed by atoms with Crippen LogP contribution in [0.15, 0.2) is 46.9 Å². The van der Waals surface area contributed by atoms with E-state index in [2.05, 4.69) is 15.9 Å². The van der Waals surface area contributed by atoms with Crippen LogP contribution in [0, 0.1) is 5.82 Å². The monoisotopic (exact) mass is 342 g/mol. The van der Waals surface area contributed by atoms with Crippen molar-refractivity contribution >= 4 is 27.5 Å². The van der Waals surface area contributed by atoms with Crippen molar-refractivity contribution in [2.45, 2.75) is 12.3 Å². The second-order valence-electron chi connectivity index (χ2n) is 4.37. The first-order valence-electron chi connectivity index (χ1n) is 5.90. The molecule has 100 valence electrons. The van der Waals surface area contributed by atoms with E-state index in [0.717, 1.165) is 10.0 Å². The Balaban J connectivity index is 2.24. The Kier molecular flexibility index (Phi) is 4.97. The molecule has 0 bridgehead atoms. The Bertz CT molecular complexity index is 574. The van der Waals surface area contributed by atoms with Crippen LogP contribution < -0.4 is 0 Å². The lowest BCUT2D eigenvalue weighted by molar-refractivity contribution is 0.263. The van der Waals surface area contributed by atoms with E-state index in [1.807, 2.05) is 24.3 Å². The molecule has 0 saturated heterocycles. The molecule has 1 atom stereocenters. The molecule has 0 saturated carbocycles. The van der Waals surface area contributed by atoms with Crippen LogP contribution in [-0.2, 0) is 6.42 Å². The fourth-order valence-corrected chi connectivity index (χ4v) is 2.58. The largest absolute Gasteiger partial charge is 0.396 e. The summed E-state index contributed by atoms with van der Waals surface area (Å²) >= 11 is 9.13. The summed E-state index contributed by atoms with van der Waals surface area (Å²) in [6, 6.07) is 12.3. The van der Waals surface area contributed by atoms with Crippen molar-refractivity contribution in [2.24, 2.45) is 0 Å². The first kappa shape index (κ1) is 14.5. The number of hydrogen-bond acceptors (Lipinski definition) is 1. The molecule has 1 unspecified atom stereocenters. The molecule has 0 aliphatic rings. The van der Waals surface area contributed by atoms with Gasteiger partial charge in [0, 0.05) is 15.4 Å². The summed E-state index contributed by atoms with van der Waals surface area (Å²) in [6.07, 6.45) is 0.440. The summed E-state index contributed by atoms with van der Waals surface area (Å²) in [5, 5.41) is 9.89. The highest BCUT2D eigenvalue weighted by atomic mass is 79.9. The molecule has 0 aromatic heterocycles. The molecule has 19 heavy (non-hydrogen) atoms. The second-order valence-corrected chi connectivity index (χ2v) is 5.73. The molecule has 4 heteroatoms. The highest BCUT2D eigenvalue weighted by Gasteiger charge is 2.14. The van der Waals surface area contributed by atoms with Gasteiger partial charge in [0.25, 0.3) is 0 Å². The van der Waals surface area contributed by atoms with Gasteiger partial charge in [-0.05, 0) is 41.8 Å². The average Bonchev–Trinajstić information content (AvgIpc) is 2.38. The van der Waals surface area contributed by atoms with Gasteiger partial charge in [-0.25, -0.2) is 4.39 Å². The first-order valence-corrected chi connectivity index (χ1v) is 7.07. The molecule has 0 spiro atoms. The van der Waals surface area contributed by atoms with Gasteiger partial charge in [0.05, 0.1) is 6.61 Å². The van der Waals surface area contributed by atoms with Crippen molar-refractivity contribution in [3.63, 3.8) is 0 Å². The van der Waals surface area contributed by atoms with Crippen molar-refractivity contribution in [3.05, 3.63) is 68.9 Å². The standard InChI is InChI=1S/C15H13BrClFO/c16-13-3-1-2-10(7-13)12(9-19)6-11-4-5-14(17)8-15(11)18/h1-5,7-8,12,19H,6,9H2. The van der Waals surface area contributed by atoms with Gasteiger partial charge in [0.15, 0.2) is 0 Å². The van der Waals surface area contributed by atoms with E-state index in [0.29, 0.717) is 17.0 Å². The van der Waals surface area contributed by atoms with Gasteiger partial charge in [-0.1, -0.05) is 45.7 Å². The van der Waals surface area contributed by atoms with E-state index < -0.39 is 0 Å². The molecule has 0 fully saturated rings. The van der Waals surface area contributed by atoms with Crippen LogP contribution >= 0.6 is 27.5 Å². The number of rotatable bonds is 4. The van der Waals surface area contributed by atoms with Crippen LogP contribution in [0.5, 0.6) is 0 Å². The van der Waals surface area contributed by atoms with E-state index in [1.165, 1.54) is 6.07 Å². The number of benzene rings is 2. The second kappa shape index (κ2) is 6.51. The van der Waals surface area contributed by atoms with Gasteiger partial charge in [-0.3, -0.25) is 0 Å². The van der Waals surface area contributed by atoms with Gasteiger partial charge in [0.2, 0.25) is 0 Å². The fraction of sp³-hybridized carbons (Fsp3) is 0.200. The Morgan fingerprint density at radius 1 is 1.21 bits per heavy atom. The third kappa shape index (κ3) is 3.78. The molecule has 2 aromatic carbocycles. The van der Waals surface area contributed by atoms with Crippen LogP contribution in [0.4, 0.5) is 4.39 Å². The highest BCUT2D eigenvalue weighted by molar-refractivity contribution is 9.10. The quantitative estimate of drug-likeness (QED) is 0.863. The van der Waals surface area contributed by atoms with Crippen LogP contribution in [-0.4, -0.2) is 11.7 Å². The summed E-state index contributed by atoms with van der Waals surface area (Å²) in [5.41, 5.74) is 1.54. The summed E-state index contributed by atoms with van der Waals surface area (Å²) in [5.74, 6) is -0.464. The summed E-state index contributed by atoms with van der Waals surface area (Å²) in [7, 11) is 0. The van der Waals surface area contributed by atoms with E-state index in [9.17, 15) is 9.50 Å². The summed E-state index contributed by atoms with van der Waals surface area (Å²) in [6.45, 7) is -0.0292. The zero-order chi connectivity index (χ0) is 13.8. The van der Waals surface area contributed by atoms with Crippen molar-refractivity contribution in [1.82, 2.24) is 0 Å². The van der Waals surface area contributed by atoms with Crippen molar-refractivity contribution in [3.8, 4) is 0 Å². The highest BCUT2D eigenvalue weighted by Crippen LogP contribution is 2.25. The third-order valence-electron chi connectivity index (χ3n) is 3.02. The number of aliphatic hydroxyl groups is 1. The van der Waals surface area contributed by atoms with E-state index in [1.54, 1.807) is 12.1 Å². The van der Waals surface area contributed by atoms with E-state index in [4.69, 9.17) is 11.6 Å². The van der Waals surface area contributed by atoms with Crippen LogP contribution in [0.1, 0.15) is 17.0 Å². The molecule has 2 aromatic rings. The molecule has 1 N–H and O–H groups in total. The molecule has 2 rings (SSSR count). The van der Waals surface area contributed by atoms with E-state index >= 15 is 0 Å². The topological polar surface area (TPSA) is 20.2 Å². The zero-order valence-corrected chi connectivity index (χ0v) is 12.5. The Hall–Kier alpha value is -0.900. The minimum atomic E-state index is -0.332. The van der Waals surface area contributed by atoms with Gasteiger partial charge in [-0.2, -0.15) is 0 Å². The molecule has 0 radical (unpaired) electrons. The van der Waals surface area contributed by atoms with Gasteiger partial charge < -0.3 is 5.11 Å². The molecular formula is C15H13BrClFO. The fourth-order valence-electron chi connectivity index (χ4n) is 2.00. The molecule has 0 amide bonds. The predicted octanol–water partition coefficient (Wildman–Crippen LogP) is 4.56. The van der Waals surface area contributed by atoms with Crippen molar-refractivity contribution in [2.75, 3.05) is 6.61 Å². The van der Waals surface area contributed by atoms with Gasteiger partial charge in [0.1, 0.15) is 5.82 Å². The smallest absolute Gasteiger partial charge is 0.127 e. The predicted molar refractivity (Wildman–Crippen MR) is 79.1 cm³/mol. The Morgan fingerprint density at radius 3 is 2.63 bits per heavy atom. The number of halogens is 3. The van der Waals surface area contributed by atoms with Crippen molar-refractivity contribution < 1.29 is 9.50 Å². The van der Waals surface area contributed by atoms with Gasteiger partial charge >= 0.3 is 0 Å². The third-order valence-corrected chi connectivity index (χ3v) is 3.75. The van der Waals surface area contributed by atoms with Crippen LogP contribution in [0.3, 0.4) is 0 Å². The first-order chi connectivity index (χ1) is 9.10. The molecule has 0 heterocycles. The Labute approximate surface area is 125 Å². The molecule has 0 aliphatic heterocycles. The number of aliphatic hydroxyl groups excluding tert-OH is 1. The molecular weight excluding hydrogens is 331 g/mol. The average molecular weight is 344 g/mol. The van der Waals surface area contributed by atoms with Gasteiger partial charge in [-0.15, -0.1) is 0 Å². The summed E-state index contributed by atoms with van der Waals surface area (Å²) in [4.78, 5) is 0. The van der Waals surface area contributed by atoms with Crippen LogP contribution in [0.2, 0.25) is 5.02 Å². The number of hydrogen-bond donors (Lipinski definition) is 1. The molecule has 1 nitrogen and oxygen atoms in total. The lowest BCUT2D eigenvalue weighted by Crippen LogP contribution is -2.09. The van der Waals surface area contributed by atoms with Crippen molar-refractivity contribution in [1.29, 1.82) is 0 Å². The lowest BCUT2D eigenvalue weighted by atomic mass is 9.92. The Morgan fingerprint density at radius 2 is 2.00 bits per heavy atom. The molecule has 0 aliphatic carbocycles. The maximum Gasteiger partial charge on any atom is 0.127 e. The SMILES string of the molecule is OCC(Cc1ccc(Cl)cc1F)c1cccc(Br)c1. The maximum atomic E-state index is 13.8. The summed E-state index contributed by atoms with van der Waals surface area (Å²) < 4.78 is 14.7. The minimum absolute atomic E-state index is 0.0292. The normalized spacial score (nSPS) is 12.4.